The fourth-order valence-electron chi connectivity index (χ4n) is 5.02. The van der Waals surface area contributed by atoms with Gasteiger partial charge >= 0.3 is 0 Å². The minimum Gasteiger partial charge on any atom is -0.486 e. The van der Waals surface area contributed by atoms with E-state index in [-0.39, 0.29) is 35.9 Å². The summed E-state index contributed by atoms with van der Waals surface area (Å²) in [4.78, 5) is 27.7. The fourth-order valence-corrected chi connectivity index (χ4v) is 5.02. The molecule has 2 amide bonds. The van der Waals surface area contributed by atoms with E-state index < -0.39 is 6.04 Å². The van der Waals surface area contributed by atoms with Gasteiger partial charge in [-0.3, -0.25) is 9.59 Å². The summed E-state index contributed by atoms with van der Waals surface area (Å²) in [6.07, 6.45) is 1.14. The van der Waals surface area contributed by atoms with Gasteiger partial charge in [-0.05, 0) is 84.5 Å². The van der Waals surface area contributed by atoms with E-state index in [4.69, 9.17) is 9.15 Å². The smallest absolute Gasteiger partial charge is 0.291 e. The number of aryl methyl sites for hydroxylation is 1. The molecule has 1 atom stereocenters. The Hall–Kier alpha value is -4.39. The van der Waals surface area contributed by atoms with E-state index in [2.05, 4.69) is 5.32 Å². The number of fused-ring (bicyclic) bond motifs is 1. The van der Waals surface area contributed by atoms with Crippen LogP contribution in [0.4, 0.5) is 10.1 Å². The Morgan fingerprint density at radius 1 is 1.05 bits per heavy atom. The summed E-state index contributed by atoms with van der Waals surface area (Å²) < 4.78 is 26.0. The van der Waals surface area contributed by atoms with E-state index in [1.54, 1.807) is 18.2 Å². The molecule has 0 aliphatic carbocycles. The Bertz CT molecular complexity index is 1510. The highest BCUT2D eigenvalue weighted by molar-refractivity contribution is 6.02. The molecule has 206 valence electrons. The zero-order valence-electron chi connectivity index (χ0n) is 22.9. The number of hydrogen-bond donors (Lipinski definition) is 1. The van der Waals surface area contributed by atoms with E-state index in [0.717, 1.165) is 22.3 Å². The van der Waals surface area contributed by atoms with E-state index in [0.29, 0.717) is 36.6 Å². The number of furan rings is 1. The lowest BCUT2D eigenvalue weighted by Gasteiger charge is -2.38. The van der Waals surface area contributed by atoms with Crippen LogP contribution in [0.3, 0.4) is 0 Å². The summed E-state index contributed by atoms with van der Waals surface area (Å²) in [6.45, 7) is 6.71. The molecule has 40 heavy (non-hydrogen) atoms. The molecule has 3 aromatic carbocycles. The standard InChI is InChI=1S/C33H33FN2O4/c1-21(2)17-31(37)36-16-15-23-9-12-27(19-29(23)32(36)24-5-4-6-25(34)18-24)39-20-28-13-14-30(40-28)33(38)35-26-10-7-22(3)8-11-26/h4-14,18-19,21,32H,15-17,20H2,1-3H3,(H,35,38). The molecule has 0 saturated heterocycles. The van der Waals surface area contributed by atoms with E-state index in [1.165, 1.54) is 12.1 Å². The SMILES string of the molecule is Cc1ccc(NC(=O)c2ccc(COc3ccc4c(c3)C(c3cccc(F)c3)N(C(=O)CC(C)C)CC4)o2)cc1. The third kappa shape index (κ3) is 6.25. The summed E-state index contributed by atoms with van der Waals surface area (Å²) in [6, 6.07) is 22.7. The van der Waals surface area contributed by atoms with Crippen LogP contribution < -0.4 is 10.1 Å². The summed E-state index contributed by atoms with van der Waals surface area (Å²) in [5.41, 5.74) is 4.54. The second-order valence-corrected chi connectivity index (χ2v) is 10.6. The van der Waals surface area contributed by atoms with Crippen LogP contribution in [0, 0.1) is 18.7 Å². The van der Waals surface area contributed by atoms with Crippen molar-refractivity contribution in [1.82, 2.24) is 4.90 Å². The molecule has 0 radical (unpaired) electrons. The molecular formula is C33H33FN2O4. The first-order valence-corrected chi connectivity index (χ1v) is 13.5. The topological polar surface area (TPSA) is 71.8 Å². The van der Waals surface area contributed by atoms with Crippen molar-refractivity contribution >= 4 is 17.5 Å². The molecule has 2 heterocycles. The maximum atomic E-state index is 14.3. The van der Waals surface area contributed by atoms with Gasteiger partial charge in [0.15, 0.2) is 5.76 Å². The zero-order chi connectivity index (χ0) is 28.2. The largest absolute Gasteiger partial charge is 0.486 e. The maximum Gasteiger partial charge on any atom is 0.291 e. The van der Waals surface area contributed by atoms with Gasteiger partial charge in [-0.15, -0.1) is 0 Å². The first kappa shape index (κ1) is 27.2. The Balaban J connectivity index is 1.33. The lowest BCUT2D eigenvalue weighted by molar-refractivity contribution is -0.134. The van der Waals surface area contributed by atoms with Gasteiger partial charge in [-0.2, -0.15) is 0 Å². The van der Waals surface area contributed by atoms with Crippen LogP contribution in [0.25, 0.3) is 0 Å². The normalized spacial score (nSPS) is 14.6. The van der Waals surface area contributed by atoms with Crippen molar-refractivity contribution in [3.05, 3.63) is 118 Å². The van der Waals surface area contributed by atoms with Gasteiger partial charge in [0.25, 0.3) is 5.91 Å². The van der Waals surface area contributed by atoms with Crippen molar-refractivity contribution in [3.8, 4) is 5.75 Å². The first-order valence-electron chi connectivity index (χ1n) is 13.5. The van der Waals surface area contributed by atoms with Crippen LogP contribution in [0.2, 0.25) is 0 Å². The average molecular weight is 541 g/mol. The monoisotopic (exact) mass is 540 g/mol. The Labute approximate surface area is 233 Å². The number of carbonyl (C=O) groups excluding carboxylic acids is 2. The van der Waals surface area contributed by atoms with Gasteiger partial charge in [0, 0.05) is 18.7 Å². The van der Waals surface area contributed by atoms with Crippen LogP contribution in [-0.4, -0.2) is 23.3 Å². The quantitative estimate of drug-likeness (QED) is 0.259. The molecule has 5 rings (SSSR count). The van der Waals surface area contributed by atoms with Crippen LogP contribution in [-0.2, 0) is 17.8 Å². The van der Waals surface area contributed by atoms with E-state index in [9.17, 15) is 14.0 Å². The van der Waals surface area contributed by atoms with Crippen molar-refractivity contribution in [3.63, 3.8) is 0 Å². The van der Waals surface area contributed by atoms with Crippen LogP contribution in [0.1, 0.15) is 64.9 Å². The summed E-state index contributed by atoms with van der Waals surface area (Å²) in [5, 5.41) is 2.82. The number of nitrogens with zero attached hydrogens (tertiary/aromatic N) is 1. The number of benzene rings is 3. The number of anilines is 1. The molecule has 1 unspecified atom stereocenters. The highest BCUT2D eigenvalue weighted by Gasteiger charge is 2.32. The predicted molar refractivity (Wildman–Crippen MR) is 152 cm³/mol. The second-order valence-electron chi connectivity index (χ2n) is 10.6. The molecule has 1 aliphatic heterocycles. The zero-order valence-corrected chi connectivity index (χ0v) is 22.9. The van der Waals surface area contributed by atoms with Crippen molar-refractivity contribution in [2.45, 2.75) is 46.3 Å². The molecule has 1 aromatic heterocycles. The van der Waals surface area contributed by atoms with Crippen LogP contribution in [0.5, 0.6) is 5.75 Å². The Morgan fingerprint density at radius 3 is 2.60 bits per heavy atom. The number of halogens is 1. The van der Waals surface area contributed by atoms with Gasteiger partial charge in [-0.1, -0.05) is 49.7 Å². The minimum atomic E-state index is -0.407. The average Bonchev–Trinajstić information content (AvgIpc) is 3.41. The number of nitrogens with one attached hydrogen (secondary N) is 1. The third-order valence-corrected chi connectivity index (χ3v) is 6.99. The first-order chi connectivity index (χ1) is 19.3. The van der Waals surface area contributed by atoms with Gasteiger partial charge < -0.3 is 19.4 Å². The molecule has 4 aromatic rings. The predicted octanol–water partition coefficient (Wildman–Crippen LogP) is 7.08. The van der Waals surface area contributed by atoms with Crippen molar-refractivity contribution in [1.29, 1.82) is 0 Å². The number of ether oxygens (including phenoxy) is 1. The van der Waals surface area contributed by atoms with E-state index in [1.807, 2.05) is 74.2 Å². The van der Waals surface area contributed by atoms with Crippen molar-refractivity contribution in [2.75, 3.05) is 11.9 Å². The number of hydrogen-bond acceptors (Lipinski definition) is 4. The van der Waals surface area contributed by atoms with E-state index >= 15 is 0 Å². The van der Waals surface area contributed by atoms with Gasteiger partial charge in [0.2, 0.25) is 5.91 Å². The van der Waals surface area contributed by atoms with Crippen molar-refractivity contribution in [2.24, 2.45) is 5.92 Å². The fraction of sp³-hybridized carbons (Fsp3) is 0.273. The summed E-state index contributed by atoms with van der Waals surface area (Å²) in [7, 11) is 0. The molecule has 0 spiro atoms. The molecule has 1 aliphatic rings. The van der Waals surface area contributed by atoms with Crippen LogP contribution in [0.15, 0.2) is 83.3 Å². The lowest BCUT2D eigenvalue weighted by Crippen LogP contribution is -2.41. The molecule has 0 saturated carbocycles. The summed E-state index contributed by atoms with van der Waals surface area (Å²) >= 11 is 0. The highest BCUT2D eigenvalue weighted by atomic mass is 19.1. The molecule has 7 heteroatoms. The minimum absolute atomic E-state index is 0.0493. The molecule has 1 N–H and O–H groups in total. The molecule has 0 fully saturated rings. The lowest BCUT2D eigenvalue weighted by atomic mass is 9.87. The number of carbonyl (C=O) groups is 2. The van der Waals surface area contributed by atoms with Crippen LogP contribution >= 0.6 is 0 Å². The number of amides is 2. The second kappa shape index (κ2) is 11.8. The van der Waals surface area contributed by atoms with Crippen molar-refractivity contribution < 1.29 is 23.1 Å². The van der Waals surface area contributed by atoms with Gasteiger partial charge in [0.1, 0.15) is 23.9 Å². The molecular weight excluding hydrogens is 507 g/mol. The third-order valence-electron chi connectivity index (χ3n) is 6.99. The molecule has 0 bridgehead atoms. The van der Waals surface area contributed by atoms with Gasteiger partial charge in [0.05, 0.1) is 6.04 Å². The molecule has 6 nitrogen and oxygen atoms in total. The summed E-state index contributed by atoms with van der Waals surface area (Å²) in [5.74, 6) is 0.876. The highest BCUT2D eigenvalue weighted by Crippen LogP contribution is 2.38. The Morgan fingerprint density at radius 2 is 1.85 bits per heavy atom. The maximum absolute atomic E-state index is 14.3. The Kier molecular flexibility index (Phi) is 8.01. The number of rotatable bonds is 8. The van der Waals surface area contributed by atoms with Gasteiger partial charge in [-0.25, -0.2) is 4.39 Å².